The van der Waals surface area contributed by atoms with Crippen molar-refractivity contribution in [3.8, 4) is 11.1 Å². The third-order valence-electron chi connectivity index (χ3n) is 5.34. The van der Waals surface area contributed by atoms with Gasteiger partial charge in [0.05, 0.1) is 7.05 Å². The number of anilines is 2. The average Bonchev–Trinajstić information content (AvgIpc) is 2.74. The molecule has 3 rings (SSSR count). The van der Waals surface area contributed by atoms with Gasteiger partial charge in [0.1, 0.15) is 6.54 Å². The number of amides is 1. The number of hydrogen-bond donors (Lipinski definition) is 2. The maximum atomic E-state index is 12.9. The van der Waals surface area contributed by atoms with Gasteiger partial charge in [0.2, 0.25) is 0 Å². The maximum Gasteiger partial charge on any atom is 0.282 e. The molecular weight excluding hydrogens is 358 g/mol. The number of nitrogens with zero attached hydrogens (tertiary/aromatic N) is 1. The highest BCUT2D eigenvalue weighted by molar-refractivity contribution is 5.97. The molecule has 0 aliphatic rings. The van der Waals surface area contributed by atoms with E-state index in [1.54, 1.807) is 0 Å². The summed E-state index contributed by atoms with van der Waals surface area (Å²) in [6.45, 7) is 2.77. The van der Waals surface area contributed by atoms with E-state index in [9.17, 15) is 4.79 Å². The van der Waals surface area contributed by atoms with E-state index in [2.05, 4.69) is 53.7 Å². The molecule has 0 saturated heterocycles. The van der Waals surface area contributed by atoms with Gasteiger partial charge in [0, 0.05) is 36.6 Å². The Morgan fingerprint density at radius 2 is 1.55 bits per heavy atom. The van der Waals surface area contributed by atoms with E-state index in [0.29, 0.717) is 0 Å². The smallest absolute Gasteiger partial charge is 0.282 e. The van der Waals surface area contributed by atoms with E-state index >= 15 is 0 Å². The lowest BCUT2D eigenvalue weighted by molar-refractivity contribution is -0.907. The molecule has 0 aliphatic carbocycles. The highest BCUT2D eigenvalue weighted by Crippen LogP contribution is 2.27. The van der Waals surface area contributed by atoms with Crippen LogP contribution in [0.5, 0.6) is 0 Å². The number of likely N-dealkylation sites (N-methyl/N-ethyl adjacent to an activating group) is 1. The van der Waals surface area contributed by atoms with Crippen molar-refractivity contribution >= 4 is 17.3 Å². The first-order valence-electron chi connectivity index (χ1n) is 9.99. The van der Waals surface area contributed by atoms with Gasteiger partial charge in [-0.2, -0.15) is 0 Å². The zero-order valence-corrected chi connectivity index (χ0v) is 17.6. The number of hydrogen-bond acceptors (Lipinski definition) is 2. The second kappa shape index (κ2) is 9.39. The number of carbonyl (C=O) groups is 1. The molecule has 29 heavy (non-hydrogen) atoms. The van der Waals surface area contributed by atoms with Crippen LogP contribution in [0.25, 0.3) is 11.1 Å². The van der Waals surface area contributed by atoms with Crippen LogP contribution in [0.3, 0.4) is 0 Å². The molecule has 150 valence electrons. The Hall–Kier alpha value is -3.11. The first kappa shape index (κ1) is 20.6. The quantitative estimate of drug-likeness (QED) is 0.650. The molecule has 1 unspecified atom stereocenters. The van der Waals surface area contributed by atoms with Crippen LogP contribution in [0, 0.1) is 0 Å². The van der Waals surface area contributed by atoms with E-state index in [1.165, 1.54) is 11.3 Å². The summed E-state index contributed by atoms with van der Waals surface area (Å²) in [5.74, 6) is 0.0239. The average molecular weight is 389 g/mol. The van der Waals surface area contributed by atoms with Crippen LogP contribution in [0.1, 0.15) is 12.5 Å². The normalized spacial score (nSPS) is 12.8. The summed E-state index contributed by atoms with van der Waals surface area (Å²) in [6.07, 6.45) is 0. The van der Waals surface area contributed by atoms with Gasteiger partial charge in [-0.3, -0.25) is 4.79 Å². The molecule has 2 N–H and O–H groups in total. The van der Waals surface area contributed by atoms with Crippen molar-refractivity contribution in [2.45, 2.75) is 19.5 Å². The summed E-state index contributed by atoms with van der Waals surface area (Å²) in [6, 6.07) is 26.4. The van der Waals surface area contributed by atoms with Crippen molar-refractivity contribution in [1.82, 2.24) is 0 Å². The van der Waals surface area contributed by atoms with Crippen molar-refractivity contribution in [3.63, 3.8) is 0 Å². The van der Waals surface area contributed by atoms with Crippen molar-refractivity contribution in [2.24, 2.45) is 0 Å². The van der Waals surface area contributed by atoms with Gasteiger partial charge in [-0.15, -0.1) is 0 Å². The third-order valence-corrected chi connectivity index (χ3v) is 5.34. The molecule has 0 radical (unpaired) electrons. The predicted octanol–water partition coefficient (Wildman–Crippen LogP) is 3.46. The predicted molar refractivity (Wildman–Crippen MR) is 121 cm³/mol. The molecular formula is C25H30N3O+. The van der Waals surface area contributed by atoms with Crippen molar-refractivity contribution < 1.29 is 9.69 Å². The molecule has 2 atom stereocenters. The molecule has 4 heteroatoms. The highest BCUT2D eigenvalue weighted by Gasteiger charge is 2.23. The molecule has 0 heterocycles. The van der Waals surface area contributed by atoms with E-state index in [0.717, 1.165) is 28.3 Å². The molecule has 3 aromatic carbocycles. The lowest BCUT2D eigenvalue weighted by Crippen LogP contribution is -3.12. The molecule has 0 aliphatic heterocycles. The number of nitrogens with one attached hydrogen (secondary N) is 2. The Morgan fingerprint density at radius 3 is 2.21 bits per heavy atom. The Balaban J connectivity index is 1.68. The molecule has 0 saturated carbocycles. The summed E-state index contributed by atoms with van der Waals surface area (Å²) in [5.41, 5.74) is 5.37. The molecule has 1 amide bonds. The SMILES string of the molecule is C[C@@H](C(=O)Nc1ccccc1-c1ccccc1)[NH+](C)Cc1ccc(N(C)C)cc1. The largest absolute Gasteiger partial charge is 0.378 e. The Bertz CT molecular complexity index is 936. The van der Waals surface area contributed by atoms with Gasteiger partial charge in [0.15, 0.2) is 6.04 Å². The van der Waals surface area contributed by atoms with E-state index in [4.69, 9.17) is 0 Å². The minimum Gasteiger partial charge on any atom is -0.378 e. The van der Waals surface area contributed by atoms with Crippen LogP contribution < -0.4 is 15.1 Å². The van der Waals surface area contributed by atoms with Crippen LogP contribution in [-0.2, 0) is 11.3 Å². The maximum absolute atomic E-state index is 12.9. The van der Waals surface area contributed by atoms with Crippen molar-refractivity contribution in [2.75, 3.05) is 31.4 Å². The van der Waals surface area contributed by atoms with Gasteiger partial charge in [0.25, 0.3) is 5.91 Å². The molecule has 0 aromatic heterocycles. The fourth-order valence-corrected chi connectivity index (χ4v) is 3.31. The Labute approximate surface area is 173 Å². The Kier molecular flexibility index (Phi) is 6.68. The number of quaternary nitrogens is 1. The third kappa shape index (κ3) is 5.24. The van der Waals surface area contributed by atoms with Crippen molar-refractivity contribution in [1.29, 1.82) is 0 Å². The van der Waals surface area contributed by atoms with Gasteiger partial charge in [-0.05, 0) is 30.7 Å². The minimum atomic E-state index is -0.174. The lowest BCUT2D eigenvalue weighted by atomic mass is 10.0. The summed E-state index contributed by atoms with van der Waals surface area (Å²) in [7, 11) is 6.13. The number of rotatable bonds is 7. The second-order valence-electron chi connectivity index (χ2n) is 7.71. The standard InChI is InChI=1S/C25H29N3O/c1-19(28(4)18-20-14-16-22(17-15-20)27(2)3)25(29)26-24-13-9-8-12-23(24)21-10-6-5-7-11-21/h5-17,19H,18H2,1-4H3,(H,26,29)/p+1/t19-/m0/s1. The summed E-state index contributed by atoms with van der Waals surface area (Å²) >= 11 is 0. The van der Waals surface area contributed by atoms with Crippen LogP contribution >= 0.6 is 0 Å². The van der Waals surface area contributed by atoms with Crippen LogP contribution in [-0.4, -0.2) is 33.1 Å². The lowest BCUT2D eigenvalue weighted by Gasteiger charge is -2.22. The monoisotopic (exact) mass is 388 g/mol. The zero-order valence-electron chi connectivity index (χ0n) is 17.6. The molecule has 0 bridgehead atoms. The van der Waals surface area contributed by atoms with E-state index in [1.807, 2.05) is 63.5 Å². The van der Waals surface area contributed by atoms with Gasteiger partial charge in [-0.1, -0.05) is 60.7 Å². The summed E-state index contributed by atoms with van der Waals surface area (Å²) in [4.78, 5) is 16.2. The highest BCUT2D eigenvalue weighted by atomic mass is 16.2. The molecule has 0 fully saturated rings. The molecule has 4 nitrogen and oxygen atoms in total. The summed E-state index contributed by atoms with van der Waals surface area (Å²) < 4.78 is 0. The number of benzene rings is 3. The Morgan fingerprint density at radius 1 is 0.931 bits per heavy atom. The van der Waals surface area contributed by atoms with Gasteiger partial charge < -0.3 is 15.1 Å². The zero-order chi connectivity index (χ0) is 20.8. The van der Waals surface area contributed by atoms with E-state index in [-0.39, 0.29) is 11.9 Å². The van der Waals surface area contributed by atoms with Gasteiger partial charge in [-0.25, -0.2) is 0 Å². The number of para-hydroxylation sites is 1. The molecule has 0 spiro atoms. The first-order chi connectivity index (χ1) is 14.0. The van der Waals surface area contributed by atoms with Crippen molar-refractivity contribution in [3.05, 3.63) is 84.4 Å². The number of carbonyl (C=O) groups excluding carboxylic acids is 1. The fraction of sp³-hybridized carbons (Fsp3) is 0.240. The second-order valence-corrected chi connectivity index (χ2v) is 7.71. The van der Waals surface area contributed by atoms with E-state index < -0.39 is 0 Å². The van der Waals surface area contributed by atoms with Crippen LogP contribution in [0.2, 0.25) is 0 Å². The van der Waals surface area contributed by atoms with Gasteiger partial charge >= 0.3 is 0 Å². The fourth-order valence-electron chi connectivity index (χ4n) is 3.31. The minimum absolute atomic E-state index is 0.0239. The van der Waals surface area contributed by atoms with Crippen LogP contribution in [0.15, 0.2) is 78.9 Å². The van der Waals surface area contributed by atoms with Crippen LogP contribution in [0.4, 0.5) is 11.4 Å². The topological polar surface area (TPSA) is 36.8 Å². The first-order valence-corrected chi connectivity index (χ1v) is 9.99. The molecule has 3 aromatic rings. The summed E-state index contributed by atoms with van der Waals surface area (Å²) in [5, 5.41) is 3.13.